The van der Waals surface area contributed by atoms with Gasteiger partial charge in [-0.15, -0.1) is 0 Å². The first-order valence-corrected chi connectivity index (χ1v) is 12.7. The molecule has 9 heteroatoms. The number of sulfonamides is 1. The average Bonchev–Trinajstić information content (AvgIpc) is 3.20. The molecule has 35 heavy (non-hydrogen) atoms. The molecule has 1 aliphatic heterocycles. The molecule has 0 spiro atoms. The largest absolute Gasteiger partial charge is 0.492 e. The predicted molar refractivity (Wildman–Crippen MR) is 132 cm³/mol. The van der Waals surface area contributed by atoms with Gasteiger partial charge in [-0.25, -0.2) is 13.2 Å². The molecule has 0 aliphatic carbocycles. The number of benzene rings is 3. The maximum absolute atomic E-state index is 13.4. The van der Waals surface area contributed by atoms with E-state index in [9.17, 15) is 18.0 Å². The van der Waals surface area contributed by atoms with Gasteiger partial charge in [-0.05, 0) is 62.2 Å². The lowest BCUT2D eigenvalue weighted by Crippen LogP contribution is -2.35. The van der Waals surface area contributed by atoms with Crippen LogP contribution in [0.5, 0.6) is 5.75 Å². The van der Waals surface area contributed by atoms with E-state index in [1.165, 1.54) is 28.6 Å². The molecule has 0 aromatic heterocycles. The second kappa shape index (κ2) is 10.2. The predicted octanol–water partition coefficient (Wildman–Crippen LogP) is 4.02. The Morgan fingerprint density at radius 2 is 1.77 bits per heavy atom. The van der Waals surface area contributed by atoms with Gasteiger partial charge in [-0.2, -0.15) is 0 Å². The first-order valence-electron chi connectivity index (χ1n) is 11.2. The number of carbonyl (C=O) groups excluding carboxylic acids is 2. The molecule has 1 heterocycles. The summed E-state index contributed by atoms with van der Waals surface area (Å²) in [4.78, 5) is 24.9. The highest BCUT2D eigenvalue weighted by Gasteiger charge is 2.36. The van der Waals surface area contributed by atoms with Crippen molar-refractivity contribution in [1.29, 1.82) is 0 Å². The number of nitrogens with one attached hydrogen (secondary N) is 1. The van der Waals surface area contributed by atoms with Crippen molar-refractivity contribution < 1.29 is 27.5 Å². The number of para-hydroxylation sites is 3. The van der Waals surface area contributed by atoms with Gasteiger partial charge in [0, 0.05) is 6.04 Å². The molecular weight excluding hydrogens is 468 g/mol. The first kappa shape index (κ1) is 24.3. The maximum Gasteiger partial charge on any atom is 0.338 e. The highest BCUT2D eigenvalue weighted by molar-refractivity contribution is 7.92. The van der Waals surface area contributed by atoms with E-state index < -0.39 is 28.5 Å². The third-order valence-corrected chi connectivity index (χ3v) is 7.49. The zero-order valence-electron chi connectivity index (χ0n) is 19.4. The van der Waals surface area contributed by atoms with Crippen molar-refractivity contribution >= 4 is 33.3 Å². The van der Waals surface area contributed by atoms with E-state index in [-0.39, 0.29) is 16.5 Å². The van der Waals surface area contributed by atoms with Gasteiger partial charge in [0.05, 0.1) is 28.4 Å². The van der Waals surface area contributed by atoms with Crippen molar-refractivity contribution in [3.63, 3.8) is 0 Å². The van der Waals surface area contributed by atoms with Crippen LogP contribution in [0.15, 0.2) is 77.7 Å². The minimum atomic E-state index is -3.91. The van der Waals surface area contributed by atoms with Crippen LogP contribution in [0.3, 0.4) is 0 Å². The molecule has 0 radical (unpaired) electrons. The monoisotopic (exact) mass is 494 g/mol. The fourth-order valence-corrected chi connectivity index (χ4v) is 5.79. The number of hydrogen-bond acceptors (Lipinski definition) is 6. The molecule has 1 N–H and O–H groups in total. The molecule has 0 saturated heterocycles. The molecule has 8 nitrogen and oxygen atoms in total. The van der Waals surface area contributed by atoms with Crippen LogP contribution in [0, 0.1) is 0 Å². The van der Waals surface area contributed by atoms with Gasteiger partial charge < -0.3 is 14.8 Å². The summed E-state index contributed by atoms with van der Waals surface area (Å²) in [5.74, 6) is -0.841. The number of anilines is 2. The molecule has 3 aromatic rings. The van der Waals surface area contributed by atoms with Gasteiger partial charge >= 0.3 is 5.97 Å². The van der Waals surface area contributed by atoms with E-state index in [1.54, 1.807) is 36.4 Å². The van der Waals surface area contributed by atoms with Crippen molar-refractivity contribution in [2.24, 2.45) is 0 Å². The molecule has 3 aromatic carbocycles. The number of esters is 1. The average molecular weight is 495 g/mol. The summed E-state index contributed by atoms with van der Waals surface area (Å²) in [5, 5.41) is 2.65. The summed E-state index contributed by atoms with van der Waals surface area (Å²) in [6.45, 7) is 3.57. The van der Waals surface area contributed by atoms with E-state index in [4.69, 9.17) is 9.47 Å². The Hall–Kier alpha value is -3.85. The van der Waals surface area contributed by atoms with Gasteiger partial charge in [-0.1, -0.05) is 36.4 Å². The molecule has 1 aliphatic rings. The zero-order valence-corrected chi connectivity index (χ0v) is 20.2. The Bertz CT molecular complexity index is 1360. The third-order valence-electron chi connectivity index (χ3n) is 5.57. The van der Waals surface area contributed by atoms with Gasteiger partial charge in [0.25, 0.3) is 15.9 Å². The summed E-state index contributed by atoms with van der Waals surface area (Å²) < 4.78 is 38.9. The maximum atomic E-state index is 13.4. The molecule has 0 fully saturated rings. The van der Waals surface area contributed by atoms with Crippen molar-refractivity contribution in [3.05, 3.63) is 83.9 Å². The van der Waals surface area contributed by atoms with Crippen molar-refractivity contribution in [1.82, 2.24) is 0 Å². The molecule has 1 atom stereocenters. The number of fused-ring (bicyclic) bond motifs is 1. The van der Waals surface area contributed by atoms with Crippen LogP contribution in [-0.4, -0.2) is 39.5 Å². The summed E-state index contributed by atoms with van der Waals surface area (Å²) in [6, 6.07) is 19.7. The summed E-state index contributed by atoms with van der Waals surface area (Å²) in [5.41, 5.74) is 2.09. The zero-order chi connectivity index (χ0) is 25.0. The van der Waals surface area contributed by atoms with Crippen molar-refractivity contribution in [3.8, 4) is 5.75 Å². The highest BCUT2D eigenvalue weighted by Crippen LogP contribution is 2.36. The Balaban J connectivity index is 1.45. The second-order valence-corrected chi connectivity index (χ2v) is 9.88. The number of carbonyl (C=O) groups is 2. The van der Waals surface area contributed by atoms with Gasteiger partial charge in [0.15, 0.2) is 6.61 Å². The lowest BCUT2D eigenvalue weighted by molar-refractivity contribution is -0.119. The number of rotatable bonds is 8. The Labute approximate surface area is 204 Å². The van der Waals surface area contributed by atoms with Crippen LogP contribution >= 0.6 is 0 Å². The molecule has 0 saturated carbocycles. The Kier molecular flexibility index (Phi) is 7.07. The van der Waals surface area contributed by atoms with Gasteiger partial charge in [0.2, 0.25) is 0 Å². The smallest absolute Gasteiger partial charge is 0.338 e. The number of amides is 1. The fourth-order valence-electron chi connectivity index (χ4n) is 4.05. The van der Waals surface area contributed by atoms with Crippen molar-refractivity contribution in [2.75, 3.05) is 22.8 Å². The van der Waals surface area contributed by atoms with Crippen LogP contribution in [0.1, 0.15) is 29.8 Å². The number of ether oxygens (including phenoxy) is 2. The summed E-state index contributed by atoms with van der Waals surface area (Å²) in [6.07, 6.45) is 0.610. The lowest BCUT2D eigenvalue weighted by Gasteiger charge is -2.24. The molecular formula is C26H26N2O6S. The minimum absolute atomic E-state index is 0.0226. The summed E-state index contributed by atoms with van der Waals surface area (Å²) >= 11 is 0. The molecule has 1 amide bonds. The Morgan fingerprint density at radius 1 is 1.03 bits per heavy atom. The number of hydrogen-bond donors (Lipinski definition) is 1. The van der Waals surface area contributed by atoms with Crippen LogP contribution in [0.25, 0.3) is 0 Å². The molecule has 182 valence electrons. The van der Waals surface area contributed by atoms with Crippen LogP contribution in [-0.2, 0) is 26.0 Å². The summed E-state index contributed by atoms with van der Waals surface area (Å²) in [7, 11) is -3.91. The molecule has 4 rings (SSSR count). The first-order chi connectivity index (χ1) is 16.8. The van der Waals surface area contributed by atoms with Gasteiger partial charge in [-0.3, -0.25) is 9.10 Å². The number of nitrogens with zero attached hydrogens (tertiary/aromatic N) is 1. The Morgan fingerprint density at radius 3 is 2.57 bits per heavy atom. The third kappa shape index (κ3) is 5.14. The van der Waals surface area contributed by atoms with Crippen LogP contribution in [0.4, 0.5) is 11.4 Å². The molecule has 1 unspecified atom stereocenters. The van der Waals surface area contributed by atoms with E-state index in [0.29, 0.717) is 30.2 Å². The van der Waals surface area contributed by atoms with Crippen LogP contribution in [0.2, 0.25) is 0 Å². The lowest BCUT2D eigenvalue weighted by atomic mass is 10.1. The van der Waals surface area contributed by atoms with E-state index in [2.05, 4.69) is 5.32 Å². The van der Waals surface area contributed by atoms with E-state index >= 15 is 0 Å². The van der Waals surface area contributed by atoms with Gasteiger partial charge in [0.1, 0.15) is 5.75 Å². The standard InChI is InChI=1S/C26H26N2O6S/c1-3-33-24-14-7-5-12-22(24)27-25(29)17-34-26(30)20-10-8-11-21(16-20)35(31,32)28-18(2)15-19-9-4-6-13-23(19)28/h4-14,16,18H,3,15,17H2,1-2H3,(H,27,29). The van der Waals surface area contributed by atoms with Crippen LogP contribution < -0.4 is 14.4 Å². The second-order valence-electron chi connectivity index (χ2n) is 8.06. The molecule has 0 bridgehead atoms. The quantitative estimate of drug-likeness (QED) is 0.475. The van der Waals surface area contributed by atoms with E-state index in [1.807, 2.05) is 26.0 Å². The topological polar surface area (TPSA) is 102 Å². The fraction of sp³-hybridized carbons (Fsp3) is 0.231. The van der Waals surface area contributed by atoms with Crippen molar-refractivity contribution in [2.45, 2.75) is 31.2 Å². The van der Waals surface area contributed by atoms with E-state index in [0.717, 1.165) is 5.56 Å². The highest BCUT2D eigenvalue weighted by atomic mass is 32.2. The minimum Gasteiger partial charge on any atom is -0.492 e. The SMILES string of the molecule is CCOc1ccccc1NC(=O)COC(=O)c1cccc(S(=O)(=O)N2c3ccccc3CC2C)c1. The normalized spacial score (nSPS) is 14.8.